The molecule has 0 aliphatic carbocycles. The van der Waals surface area contributed by atoms with Gasteiger partial charge in [-0.2, -0.15) is 4.68 Å². The Hall–Kier alpha value is -1.86. The van der Waals surface area contributed by atoms with Crippen LogP contribution in [0.2, 0.25) is 0 Å². The summed E-state index contributed by atoms with van der Waals surface area (Å²) in [4.78, 5) is 1.95. The van der Waals surface area contributed by atoms with E-state index in [1.54, 1.807) is 0 Å². The van der Waals surface area contributed by atoms with Crippen LogP contribution in [-0.4, -0.2) is 29.7 Å². The molecule has 0 unspecified atom stereocenters. The molecule has 0 radical (unpaired) electrons. The van der Waals surface area contributed by atoms with Crippen molar-refractivity contribution < 1.29 is 18.8 Å². The number of nitrogens with zero attached hydrogens (tertiary/aromatic N) is 2. The normalized spacial score (nSPS) is 18.3. The summed E-state index contributed by atoms with van der Waals surface area (Å²) in [6, 6.07) is 5.68. The third kappa shape index (κ3) is 3.32. The summed E-state index contributed by atoms with van der Waals surface area (Å²) in [5.74, 6) is 2.00. The van der Waals surface area contributed by atoms with E-state index in [1.807, 2.05) is 22.9 Å². The Balaban J connectivity index is 1.52. The van der Waals surface area contributed by atoms with Gasteiger partial charge < -0.3 is 18.8 Å². The van der Waals surface area contributed by atoms with E-state index in [9.17, 15) is 0 Å². The first-order chi connectivity index (χ1) is 11.8. The smallest absolute Gasteiger partial charge is 0.292 e. The lowest BCUT2D eigenvalue weighted by molar-refractivity contribution is -0.924. The fourth-order valence-electron chi connectivity index (χ4n) is 3.33. The van der Waals surface area contributed by atoms with Crippen LogP contribution < -0.4 is 14.4 Å². The first-order valence-electron chi connectivity index (χ1n) is 8.61. The topological polar surface area (TPSA) is 53.9 Å². The Morgan fingerprint density at radius 2 is 1.79 bits per heavy atom. The van der Waals surface area contributed by atoms with Gasteiger partial charge in [0, 0.05) is 5.56 Å². The van der Waals surface area contributed by atoms with E-state index in [-0.39, 0.29) is 6.79 Å². The molecular formula is C17H22N3O3S+. The van der Waals surface area contributed by atoms with E-state index < -0.39 is 0 Å². The van der Waals surface area contributed by atoms with Gasteiger partial charge in [0.25, 0.3) is 4.84 Å². The molecule has 1 aromatic heterocycles. The van der Waals surface area contributed by atoms with Gasteiger partial charge >= 0.3 is 0 Å². The van der Waals surface area contributed by atoms with Gasteiger partial charge in [0.05, 0.1) is 13.1 Å². The highest BCUT2D eigenvalue weighted by Gasteiger charge is 2.18. The quantitative estimate of drug-likeness (QED) is 0.864. The van der Waals surface area contributed by atoms with Crippen molar-refractivity contribution in [2.75, 3.05) is 19.9 Å². The maximum Gasteiger partial charge on any atom is 0.292 e. The summed E-state index contributed by atoms with van der Waals surface area (Å²) in [6.07, 6.45) is 6.57. The summed E-state index contributed by atoms with van der Waals surface area (Å²) < 4.78 is 18.3. The highest BCUT2D eigenvalue weighted by atomic mass is 32.1. The van der Waals surface area contributed by atoms with Gasteiger partial charge in [0.1, 0.15) is 0 Å². The largest absolute Gasteiger partial charge is 0.454 e. The van der Waals surface area contributed by atoms with Crippen molar-refractivity contribution in [1.29, 1.82) is 0 Å². The molecule has 2 aliphatic heterocycles. The molecule has 1 N–H and O–H groups in total. The zero-order valence-corrected chi connectivity index (χ0v) is 14.4. The molecule has 0 spiro atoms. The molecule has 0 amide bonds. The number of fused-ring (bicyclic) bond motifs is 1. The van der Waals surface area contributed by atoms with Gasteiger partial charge in [0.15, 0.2) is 18.2 Å². The third-order valence-electron chi connectivity index (χ3n) is 4.66. The second kappa shape index (κ2) is 6.94. The molecule has 3 heterocycles. The van der Waals surface area contributed by atoms with Crippen molar-refractivity contribution in [2.24, 2.45) is 0 Å². The fourth-order valence-corrected chi connectivity index (χ4v) is 3.51. The molecule has 24 heavy (non-hydrogen) atoms. The molecule has 7 heteroatoms. The molecule has 4 rings (SSSR count). The standard InChI is InChI=1S/C17H21N3O3S/c24-17-20(11-19-8-4-2-1-3-5-9-19)18-16(23-17)13-6-7-14-15(10-13)22-12-21-14/h6-7,10H,1-5,8-9,11-12H2/p+1. The molecule has 2 aliphatic rings. The first kappa shape index (κ1) is 15.7. The number of ether oxygens (including phenoxy) is 2. The molecule has 0 bridgehead atoms. The second-order valence-corrected chi connectivity index (χ2v) is 6.77. The van der Waals surface area contributed by atoms with Gasteiger partial charge in [-0.3, -0.25) is 0 Å². The van der Waals surface area contributed by atoms with Crippen LogP contribution in [-0.2, 0) is 6.67 Å². The van der Waals surface area contributed by atoms with E-state index >= 15 is 0 Å². The number of quaternary nitrogens is 1. The highest BCUT2D eigenvalue weighted by Crippen LogP contribution is 2.35. The predicted molar refractivity (Wildman–Crippen MR) is 90.7 cm³/mol. The minimum absolute atomic E-state index is 0.259. The maximum absolute atomic E-state index is 5.71. The average molecular weight is 348 g/mol. The van der Waals surface area contributed by atoms with Crippen molar-refractivity contribution in [2.45, 2.75) is 38.8 Å². The average Bonchev–Trinajstić information content (AvgIpc) is 3.16. The van der Waals surface area contributed by atoms with Crippen LogP contribution >= 0.6 is 12.2 Å². The zero-order valence-electron chi connectivity index (χ0n) is 13.6. The molecule has 1 aromatic carbocycles. The van der Waals surface area contributed by atoms with E-state index in [1.165, 1.54) is 50.1 Å². The van der Waals surface area contributed by atoms with Crippen LogP contribution in [0.15, 0.2) is 22.6 Å². The van der Waals surface area contributed by atoms with Gasteiger partial charge in [-0.25, -0.2) is 0 Å². The van der Waals surface area contributed by atoms with Crippen molar-refractivity contribution in [1.82, 2.24) is 9.78 Å². The number of rotatable bonds is 3. The van der Waals surface area contributed by atoms with Gasteiger partial charge in [-0.15, -0.1) is 5.10 Å². The number of hydrogen-bond acceptors (Lipinski definition) is 5. The summed E-state index contributed by atoms with van der Waals surface area (Å²) in [7, 11) is 0. The molecular weight excluding hydrogens is 326 g/mol. The summed E-state index contributed by atoms with van der Waals surface area (Å²) in [6.45, 7) is 3.38. The van der Waals surface area contributed by atoms with E-state index in [2.05, 4.69) is 5.10 Å². The number of benzene rings is 1. The lowest BCUT2D eigenvalue weighted by Gasteiger charge is -2.20. The Kier molecular flexibility index (Phi) is 4.53. The molecule has 6 nitrogen and oxygen atoms in total. The number of nitrogens with one attached hydrogen (secondary N) is 1. The van der Waals surface area contributed by atoms with E-state index in [0.29, 0.717) is 10.7 Å². The van der Waals surface area contributed by atoms with Crippen LogP contribution in [0.3, 0.4) is 0 Å². The SMILES string of the molecule is S=c1oc(-c2ccc3c(c2)OCO3)nn1C[NH+]1CCCCCCC1. The summed E-state index contributed by atoms with van der Waals surface area (Å²) >= 11 is 5.37. The minimum Gasteiger partial charge on any atom is -0.454 e. The third-order valence-corrected chi connectivity index (χ3v) is 4.95. The number of likely N-dealkylation sites (tertiary alicyclic amines) is 1. The van der Waals surface area contributed by atoms with Crippen molar-refractivity contribution in [3.63, 3.8) is 0 Å². The van der Waals surface area contributed by atoms with Gasteiger partial charge in [-0.05, 0) is 56.1 Å². The summed E-state index contributed by atoms with van der Waals surface area (Å²) in [5, 5.41) is 4.58. The van der Waals surface area contributed by atoms with Gasteiger partial charge in [-0.1, -0.05) is 6.42 Å². The molecule has 2 aromatic rings. The monoisotopic (exact) mass is 348 g/mol. The maximum atomic E-state index is 5.71. The zero-order chi connectivity index (χ0) is 16.4. The van der Waals surface area contributed by atoms with Crippen LogP contribution in [0.25, 0.3) is 11.5 Å². The Bertz CT molecular complexity index is 763. The summed E-state index contributed by atoms with van der Waals surface area (Å²) in [5.41, 5.74) is 0.853. The Morgan fingerprint density at radius 3 is 2.62 bits per heavy atom. The molecule has 128 valence electrons. The van der Waals surface area contributed by atoms with Gasteiger partial charge in [0.2, 0.25) is 12.7 Å². The first-order valence-corrected chi connectivity index (χ1v) is 9.02. The van der Waals surface area contributed by atoms with Crippen molar-refractivity contribution in [3.05, 3.63) is 23.0 Å². The van der Waals surface area contributed by atoms with Crippen LogP contribution in [0.1, 0.15) is 32.1 Å². The fraction of sp³-hybridized carbons (Fsp3) is 0.529. The minimum atomic E-state index is 0.259. The lowest BCUT2D eigenvalue weighted by Crippen LogP contribution is -3.11. The molecule has 0 saturated carbocycles. The van der Waals surface area contributed by atoms with Crippen molar-refractivity contribution >= 4 is 12.2 Å². The van der Waals surface area contributed by atoms with E-state index in [0.717, 1.165) is 23.7 Å². The molecule has 0 atom stereocenters. The Labute approximate surface area is 146 Å². The molecule has 1 fully saturated rings. The van der Waals surface area contributed by atoms with Crippen LogP contribution in [0, 0.1) is 4.84 Å². The van der Waals surface area contributed by atoms with E-state index in [4.69, 9.17) is 26.1 Å². The Morgan fingerprint density at radius 1 is 1.04 bits per heavy atom. The van der Waals surface area contributed by atoms with Crippen molar-refractivity contribution in [3.8, 4) is 23.0 Å². The second-order valence-electron chi connectivity index (χ2n) is 6.42. The predicted octanol–water partition coefficient (Wildman–Crippen LogP) is 2.41. The number of aromatic nitrogens is 2. The lowest BCUT2D eigenvalue weighted by atomic mass is 10.1. The highest BCUT2D eigenvalue weighted by molar-refractivity contribution is 7.71. The van der Waals surface area contributed by atoms with Crippen LogP contribution in [0.5, 0.6) is 11.5 Å². The molecule has 1 saturated heterocycles. The van der Waals surface area contributed by atoms with Crippen LogP contribution in [0.4, 0.5) is 0 Å². The number of hydrogen-bond donors (Lipinski definition) is 1.